The Morgan fingerprint density at radius 1 is 1.00 bits per heavy atom. The topological polar surface area (TPSA) is 43.4 Å². The first-order chi connectivity index (χ1) is 11.0. The Labute approximate surface area is 141 Å². The van der Waals surface area contributed by atoms with Crippen molar-refractivity contribution in [1.82, 2.24) is 0 Å². The molecule has 0 aromatic heterocycles. The summed E-state index contributed by atoms with van der Waals surface area (Å²) in [5.41, 5.74) is 0.238. The Bertz CT molecular complexity index is 599. The van der Waals surface area contributed by atoms with Crippen LogP contribution in [0.15, 0.2) is 24.3 Å². The molecule has 4 aliphatic carbocycles. The van der Waals surface area contributed by atoms with Gasteiger partial charge < -0.3 is 4.74 Å². The third-order valence-electron chi connectivity index (χ3n) is 5.97. The molecule has 0 N–H and O–H groups in total. The van der Waals surface area contributed by atoms with Gasteiger partial charge in [0, 0.05) is 10.6 Å². The lowest BCUT2D eigenvalue weighted by Gasteiger charge is -2.55. The van der Waals surface area contributed by atoms with Gasteiger partial charge in [-0.2, -0.15) is 0 Å². The van der Waals surface area contributed by atoms with E-state index < -0.39 is 0 Å². The maximum Gasteiger partial charge on any atom is 0.312 e. The predicted molar refractivity (Wildman–Crippen MR) is 87.3 cm³/mol. The lowest BCUT2D eigenvalue weighted by atomic mass is 9.49. The minimum absolute atomic E-state index is 0.140. The van der Waals surface area contributed by atoms with Gasteiger partial charge in [0.05, 0.1) is 5.41 Å². The Kier molecular flexibility index (Phi) is 3.72. The largest absolute Gasteiger partial charge is 0.457 e. The molecule has 0 spiro atoms. The van der Waals surface area contributed by atoms with Crippen molar-refractivity contribution < 1.29 is 14.3 Å². The van der Waals surface area contributed by atoms with Gasteiger partial charge in [-0.05, 0) is 80.5 Å². The zero-order valence-electron chi connectivity index (χ0n) is 13.1. The van der Waals surface area contributed by atoms with Crippen LogP contribution in [0.4, 0.5) is 0 Å². The number of carbonyl (C=O) groups excluding carboxylic acids is 2. The van der Waals surface area contributed by atoms with Crippen molar-refractivity contribution in [3.63, 3.8) is 0 Å². The van der Waals surface area contributed by atoms with Crippen molar-refractivity contribution in [3.05, 3.63) is 34.9 Å². The number of rotatable bonds is 4. The quantitative estimate of drug-likeness (QED) is 0.610. The summed E-state index contributed by atoms with van der Waals surface area (Å²) in [7, 11) is 0. The van der Waals surface area contributed by atoms with Crippen molar-refractivity contribution in [3.8, 4) is 0 Å². The zero-order valence-corrected chi connectivity index (χ0v) is 13.8. The summed E-state index contributed by atoms with van der Waals surface area (Å²) in [6.07, 6.45) is 6.76. The summed E-state index contributed by atoms with van der Waals surface area (Å²) < 4.78 is 5.45. The van der Waals surface area contributed by atoms with E-state index in [4.69, 9.17) is 16.3 Å². The molecule has 0 aliphatic heterocycles. The molecular weight excluding hydrogens is 312 g/mol. The Hall–Kier alpha value is -1.35. The summed E-state index contributed by atoms with van der Waals surface area (Å²) in [6.45, 7) is -0.164. The molecule has 1 aromatic carbocycles. The molecule has 4 heteroatoms. The van der Waals surface area contributed by atoms with Gasteiger partial charge in [-0.3, -0.25) is 9.59 Å². The molecule has 0 saturated heterocycles. The molecule has 0 radical (unpaired) electrons. The molecule has 23 heavy (non-hydrogen) atoms. The van der Waals surface area contributed by atoms with Crippen LogP contribution in [0.25, 0.3) is 0 Å². The second-order valence-electron chi connectivity index (χ2n) is 7.70. The molecule has 5 rings (SSSR count). The number of Topliss-reactive ketones (excluding diaryl/α,β-unsaturated/α-hetero) is 1. The molecule has 4 bridgehead atoms. The van der Waals surface area contributed by atoms with Crippen molar-refractivity contribution in [2.45, 2.75) is 38.5 Å². The smallest absolute Gasteiger partial charge is 0.312 e. The summed E-state index contributed by atoms with van der Waals surface area (Å²) in [5.74, 6) is 1.78. The molecule has 122 valence electrons. The number of esters is 1. The molecule has 0 heterocycles. The molecule has 4 fully saturated rings. The first-order valence-electron chi connectivity index (χ1n) is 8.50. The SMILES string of the molecule is O=C(COC(=O)C12CC3CC(CC(C3)C1)C2)c1ccc(Cl)cc1. The molecule has 0 amide bonds. The number of ketones is 1. The minimum atomic E-state index is -0.297. The summed E-state index contributed by atoms with van der Waals surface area (Å²) in [5, 5.41) is 0.590. The number of hydrogen-bond acceptors (Lipinski definition) is 3. The van der Waals surface area contributed by atoms with E-state index in [1.54, 1.807) is 24.3 Å². The van der Waals surface area contributed by atoms with E-state index in [1.165, 1.54) is 19.3 Å². The second kappa shape index (κ2) is 5.62. The maximum atomic E-state index is 12.7. The third kappa shape index (κ3) is 2.80. The van der Waals surface area contributed by atoms with Gasteiger partial charge in [0.2, 0.25) is 0 Å². The van der Waals surface area contributed by atoms with Crippen LogP contribution >= 0.6 is 11.6 Å². The van der Waals surface area contributed by atoms with Crippen molar-refractivity contribution in [2.75, 3.05) is 6.61 Å². The lowest BCUT2D eigenvalue weighted by Crippen LogP contribution is -2.50. The number of carbonyl (C=O) groups is 2. The lowest BCUT2D eigenvalue weighted by molar-refractivity contribution is -0.170. The molecule has 4 saturated carbocycles. The average molecular weight is 333 g/mol. The summed E-state index contributed by atoms with van der Waals surface area (Å²) in [4.78, 5) is 24.9. The fourth-order valence-corrected chi connectivity index (χ4v) is 5.49. The Morgan fingerprint density at radius 2 is 1.52 bits per heavy atom. The molecule has 4 aliphatic rings. The maximum absolute atomic E-state index is 12.7. The highest BCUT2D eigenvalue weighted by Gasteiger charge is 2.55. The van der Waals surface area contributed by atoms with Crippen LogP contribution in [0, 0.1) is 23.2 Å². The fourth-order valence-electron chi connectivity index (χ4n) is 5.36. The van der Waals surface area contributed by atoms with Crippen molar-refractivity contribution >= 4 is 23.4 Å². The standard InChI is InChI=1S/C19H21ClO3/c20-16-3-1-15(2-4-16)17(21)11-23-18(22)19-8-12-5-13(9-19)7-14(6-12)10-19/h1-4,12-14H,5-11H2. The van der Waals surface area contributed by atoms with E-state index in [9.17, 15) is 9.59 Å². The average Bonchev–Trinajstić information content (AvgIpc) is 2.51. The first kappa shape index (κ1) is 15.2. The second-order valence-corrected chi connectivity index (χ2v) is 8.14. The number of ether oxygens (including phenoxy) is 1. The van der Waals surface area contributed by atoms with E-state index in [-0.39, 0.29) is 23.8 Å². The van der Waals surface area contributed by atoms with Crippen LogP contribution in [0.2, 0.25) is 5.02 Å². The van der Waals surface area contributed by atoms with Crippen LogP contribution in [0.5, 0.6) is 0 Å². The van der Waals surface area contributed by atoms with E-state index in [2.05, 4.69) is 0 Å². The predicted octanol–water partition coefficient (Wildman–Crippen LogP) is 4.28. The highest BCUT2D eigenvalue weighted by molar-refractivity contribution is 6.30. The van der Waals surface area contributed by atoms with Gasteiger partial charge in [0.1, 0.15) is 0 Å². The summed E-state index contributed by atoms with van der Waals surface area (Å²) in [6, 6.07) is 6.69. The van der Waals surface area contributed by atoms with Gasteiger partial charge in [-0.1, -0.05) is 11.6 Å². The number of halogens is 1. The Morgan fingerprint density at radius 3 is 2.04 bits per heavy atom. The first-order valence-corrected chi connectivity index (χ1v) is 8.88. The molecule has 0 unspecified atom stereocenters. The third-order valence-corrected chi connectivity index (χ3v) is 6.22. The van der Waals surface area contributed by atoms with Crippen molar-refractivity contribution in [2.24, 2.45) is 23.2 Å². The summed E-state index contributed by atoms with van der Waals surface area (Å²) >= 11 is 5.82. The van der Waals surface area contributed by atoms with E-state index in [0.29, 0.717) is 28.3 Å². The van der Waals surface area contributed by atoms with Crippen LogP contribution in [-0.2, 0) is 9.53 Å². The molecule has 1 aromatic rings. The van der Waals surface area contributed by atoms with E-state index in [1.807, 2.05) is 0 Å². The number of benzene rings is 1. The highest BCUT2D eigenvalue weighted by atomic mass is 35.5. The van der Waals surface area contributed by atoms with Gasteiger partial charge in [0.15, 0.2) is 12.4 Å². The molecular formula is C19H21ClO3. The van der Waals surface area contributed by atoms with Crippen LogP contribution in [0.3, 0.4) is 0 Å². The van der Waals surface area contributed by atoms with Gasteiger partial charge in [0.25, 0.3) is 0 Å². The van der Waals surface area contributed by atoms with E-state index >= 15 is 0 Å². The minimum Gasteiger partial charge on any atom is -0.457 e. The fraction of sp³-hybridized carbons (Fsp3) is 0.579. The zero-order chi connectivity index (χ0) is 16.0. The normalized spacial score (nSPS) is 34.4. The van der Waals surface area contributed by atoms with Gasteiger partial charge >= 0.3 is 5.97 Å². The van der Waals surface area contributed by atoms with Gasteiger partial charge in [-0.15, -0.1) is 0 Å². The number of hydrogen-bond donors (Lipinski definition) is 0. The van der Waals surface area contributed by atoms with Crippen LogP contribution in [0.1, 0.15) is 48.9 Å². The highest BCUT2D eigenvalue weighted by Crippen LogP contribution is 2.60. The Balaban J connectivity index is 1.40. The molecule has 0 atom stereocenters. The van der Waals surface area contributed by atoms with Gasteiger partial charge in [-0.25, -0.2) is 0 Å². The monoisotopic (exact) mass is 332 g/mol. The van der Waals surface area contributed by atoms with E-state index in [0.717, 1.165) is 19.3 Å². The molecule has 3 nitrogen and oxygen atoms in total. The van der Waals surface area contributed by atoms with Crippen LogP contribution < -0.4 is 0 Å². The van der Waals surface area contributed by atoms with Crippen molar-refractivity contribution in [1.29, 1.82) is 0 Å². The van der Waals surface area contributed by atoms with Crippen LogP contribution in [-0.4, -0.2) is 18.4 Å².